The molecule has 1 atom stereocenters. The van der Waals surface area contributed by atoms with Crippen LogP contribution in [0.2, 0.25) is 0 Å². The Morgan fingerprint density at radius 2 is 2.10 bits per heavy atom. The Morgan fingerprint density at radius 3 is 2.40 bits per heavy atom. The summed E-state index contributed by atoms with van der Waals surface area (Å²) in [4.78, 5) is 1.79. The second-order valence-electron chi connectivity index (χ2n) is 2.65. The fourth-order valence-corrected chi connectivity index (χ4v) is 0.746. The first kappa shape index (κ1) is 9.29. The highest BCUT2D eigenvalue weighted by Crippen LogP contribution is 2.02. The van der Waals surface area contributed by atoms with Gasteiger partial charge in [-0.25, -0.2) is 0 Å². The SMILES string of the molecule is CCC(C)CN(C#N)CC. The maximum absolute atomic E-state index is 8.55. The van der Waals surface area contributed by atoms with Crippen LogP contribution in [-0.2, 0) is 0 Å². The molecule has 2 heteroatoms. The van der Waals surface area contributed by atoms with E-state index >= 15 is 0 Å². The van der Waals surface area contributed by atoms with Crippen molar-refractivity contribution in [3.8, 4) is 6.19 Å². The van der Waals surface area contributed by atoms with Crippen LogP contribution in [0.4, 0.5) is 0 Å². The van der Waals surface area contributed by atoms with Crippen LogP contribution in [-0.4, -0.2) is 18.0 Å². The summed E-state index contributed by atoms with van der Waals surface area (Å²) in [5.41, 5.74) is 0. The van der Waals surface area contributed by atoms with Gasteiger partial charge in [-0.1, -0.05) is 20.3 Å². The number of hydrogen-bond acceptors (Lipinski definition) is 2. The smallest absolute Gasteiger partial charge is 0.179 e. The van der Waals surface area contributed by atoms with Crippen molar-refractivity contribution < 1.29 is 0 Å². The molecular formula is C8H16N2. The fraction of sp³-hybridized carbons (Fsp3) is 0.875. The molecule has 0 bridgehead atoms. The third-order valence-corrected chi connectivity index (χ3v) is 1.75. The molecule has 1 unspecified atom stereocenters. The van der Waals surface area contributed by atoms with Crippen molar-refractivity contribution in [2.24, 2.45) is 5.92 Å². The summed E-state index contributed by atoms with van der Waals surface area (Å²) in [6.07, 6.45) is 3.30. The molecule has 0 aromatic heterocycles. The molecule has 0 fully saturated rings. The van der Waals surface area contributed by atoms with Crippen molar-refractivity contribution in [3.63, 3.8) is 0 Å². The van der Waals surface area contributed by atoms with E-state index in [1.54, 1.807) is 4.90 Å². The number of hydrogen-bond donors (Lipinski definition) is 0. The molecule has 0 rings (SSSR count). The minimum absolute atomic E-state index is 0.639. The number of nitriles is 1. The largest absolute Gasteiger partial charge is 0.311 e. The Hall–Kier alpha value is -0.710. The summed E-state index contributed by atoms with van der Waals surface area (Å²) in [7, 11) is 0. The minimum atomic E-state index is 0.639. The molecule has 0 radical (unpaired) electrons. The zero-order chi connectivity index (χ0) is 7.98. The topological polar surface area (TPSA) is 27.0 Å². The van der Waals surface area contributed by atoms with Crippen LogP contribution in [0, 0.1) is 17.4 Å². The molecule has 2 nitrogen and oxygen atoms in total. The van der Waals surface area contributed by atoms with Gasteiger partial charge in [-0.05, 0) is 12.8 Å². The highest BCUT2D eigenvalue weighted by atomic mass is 15.1. The van der Waals surface area contributed by atoms with E-state index < -0.39 is 0 Å². The van der Waals surface area contributed by atoms with Crippen LogP contribution in [0.15, 0.2) is 0 Å². The lowest BCUT2D eigenvalue weighted by Gasteiger charge is -2.16. The van der Waals surface area contributed by atoms with Gasteiger partial charge in [-0.2, -0.15) is 5.26 Å². The summed E-state index contributed by atoms with van der Waals surface area (Å²) in [6, 6.07) is 0. The molecule has 0 saturated heterocycles. The van der Waals surface area contributed by atoms with Gasteiger partial charge in [0.25, 0.3) is 0 Å². The second-order valence-corrected chi connectivity index (χ2v) is 2.65. The summed E-state index contributed by atoms with van der Waals surface area (Å²) >= 11 is 0. The van der Waals surface area contributed by atoms with E-state index in [-0.39, 0.29) is 0 Å². The van der Waals surface area contributed by atoms with Crippen molar-refractivity contribution in [2.75, 3.05) is 13.1 Å². The van der Waals surface area contributed by atoms with Gasteiger partial charge in [0, 0.05) is 13.1 Å². The highest BCUT2D eigenvalue weighted by molar-refractivity contribution is 4.73. The van der Waals surface area contributed by atoms with Crippen molar-refractivity contribution in [1.82, 2.24) is 4.90 Å². The van der Waals surface area contributed by atoms with Crippen LogP contribution in [0.5, 0.6) is 0 Å². The predicted octanol–water partition coefficient (Wildman–Crippen LogP) is 1.84. The van der Waals surface area contributed by atoms with Crippen molar-refractivity contribution in [3.05, 3.63) is 0 Å². The molecule has 0 spiro atoms. The fourth-order valence-electron chi connectivity index (χ4n) is 0.746. The van der Waals surface area contributed by atoms with Gasteiger partial charge in [0.05, 0.1) is 0 Å². The molecule has 0 aliphatic rings. The van der Waals surface area contributed by atoms with E-state index in [4.69, 9.17) is 5.26 Å². The quantitative estimate of drug-likeness (QED) is 0.440. The van der Waals surface area contributed by atoms with Gasteiger partial charge in [0.1, 0.15) is 0 Å². The molecule has 0 aliphatic carbocycles. The van der Waals surface area contributed by atoms with E-state index in [9.17, 15) is 0 Å². The van der Waals surface area contributed by atoms with Gasteiger partial charge in [-0.3, -0.25) is 0 Å². The molecule has 0 heterocycles. The molecule has 0 amide bonds. The Balaban J connectivity index is 3.54. The summed E-state index contributed by atoms with van der Waals surface area (Å²) in [6.45, 7) is 8.06. The predicted molar refractivity (Wildman–Crippen MR) is 42.3 cm³/mol. The molecule has 10 heavy (non-hydrogen) atoms. The molecule has 0 aliphatic heterocycles. The number of rotatable bonds is 4. The molecule has 0 aromatic rings. The van der Waals surface area contributed by atoms with Crippen molar-refractivity contribution in [1.29, 1.82) is 5.26 Å². The van der Waals surface area contributed by atoms with Crippen LogP contribution in [0.3, 0.4) is 0 Å². The lowest BCUT2D eigenvalue weighted by molar-refractivity contribution is 0.340. The third-order valence-electron chi connectivity index (χ3n) is 1.75. The first-order valence-corrected chi connectivity index (χ1v) is 3.89. The van der Waals surface area contributed by atoms with E-state index in [0.29, 0.717) is 5.92 Å². The second kappa shape index (κ2) is 5.10. The average Bonchev–Trinajstić information content (AvgIpc) is 1.99. The van der Waals surface area contributed by atoms with Gasteiger partial charge >= 0.3 is 0 Å². The van der Waals surface area contributed by atoms with Gasteiger partial charge in [-0.15, -0.1) is 0 Å². The van der Waals surface area contributed by atoms with Gasteiger partial charge in [0.15, 0.2) is 6.19 Å². The Labute approximate surface area is 63.4 Å². The Bertz CT molecular complexity index is 115. The molecular weight excluding hydrogens is 124 g/mol. The van der Waals surface area contributed by atoms with Gasteiger partial charge in [0.2, 0.25) is 0 Å². The van der Waals surface area contributed by atoms with Crippen LogP contribution >= 0.6 is 0 Å². The van der Waals surface area contributed by atoms with Crippen molar-refractivity contribution in [2.45, 2.75) is 27.2 Å². The zero-order valence-corrected chi connectivity index (χ0v) is 7.09. The minimum Gasteiger partial charge on any atom is -0.311 e. The maximum atomic E-state index is 8.55. The maximum Gasteiger partial charge on any atom is 0.179 e. The van der Waals surface area contributed by atoms with Gasteiger partial charge < -0.3 is 4.90 Å². The summed E-state index contributed by atoms with van der Waals surface area (Å²) < 4.78 is 0. The average molecular weight is 140 g/mol. The Kier molecular flexibility index (Phi) is 4.74. The monoisotopic (exact) mass is 140 g/mol. The standard InChI is InChI=1S/C8H16N2/c1-4-8(3)6-10(5-2)7-9/h8H,4-6H2,1-3H3. The van der Waals surface area contributed by atoms with Crippen LogP contribution in [0.1, 0.15) is 27.2 Å². The lowest BCUT2D eigenvalue weighted by Crippen LogP contribution is -2.22. The normalized spacial score (nSPS) is 12.2. The summed E-state index contributed by atoms with van der Waals surface area (Å²) in [5.74, 6) is 0.639. The lowest BCUT2D eigenvalue weighted by atomic mass is 10.1. The van der Waals surface area contributed by atoms with Crippen LogP contribution < -0.4 is 0 Å². The van der Waals surface area contributed by atoms with Crippen molar-refractivity contribution >= 4 is 0 Å². The van der Waals surface area contributed by atoms with E-state index in [1.807, 2.05) is 6.92 Å². The molecule has 58 valence electrons. The zero-order valence-electron chi connectivity index (χ0n) is 7.09. The summed E-state index contributed by atoms with van der Waals surface area (Å²) in [5, 5.41) is 8.55. The van der Waals surface area contributed by atoms with E-state index in [2.05, 4.69) is 20.0 Å². The third kappa shape index (κ3) is 3.34. The highest BCUT2D eigenvalue weighted by Gasteiger charge is 2.03. The van der Waals surface area contributed by atoms with E-state index in [1.165, 1.54) is 0 Å². The molecule has 0 N–H and O–H groups in total. The molecule has 0 saturated carbocycles. The first-order chi connectivity index (χ1) is 4.74. The molecule has 0 aromatic carbocycles. The van der Waals surface area contributed by atoms with Crippen LogP contribution in [0.25, 0.3) is 0 Å². The number of nitrogens with zero attached hydrogens (tertiary/aromatic N) is 2. The first-order valence-electron chi connectivity index (χ1n) is 3.89. The van der Waals surface area contributed by atoms with E-state index in [0.717, 1.165) is 19.5 Å². The Morgan fingerprint density at radius 1 is 1.50 bits per heavy atom.